The van der Waals surface area contributed by atoms with E-state index in [-0.39, 0.29) is 10.6 Å². The van der Waals surface area contributed by atoms with E-state index in [4.69, 9.17) is 5.26 Å². The fraction of sp³-hybridized carbons (Fsp3) is 0.0714. The summed E-state index contributed by atoms with van der Waals surface area (Å²) in [7, 11) is -3.90. The second-order valence-electron chi connectivity index (χ2n) is 4.21. The fourth-order valence-corrected chi connectivity index (χ4v) is 2.91. The van der Waals surface area contributed by atoms with Crippen LogP contribution in [0.3, 0.4) is 0 Å². The van der Waals surface area contributed by atoms with Crippen molar-refractivity contribution >= 4 is 15.7 Å². The van der Waals surface area contributed by atoms with Crippen LogP contribution >= 0.6 is 0 Å². The number of phenols is 1. The number of phenolic OH excluding ortho intramolecular Hbond substituents is 1. The minimum Gasteiger partial charge on any atom is -0.507 e. The molecule has 102 valence electrons. The van der Waals surface area contributed by atoms with Crippen LogP contribution in [-0.4, -0.2) is 13.5 Å². The lowest BCUT2D eigenvalue weighted by atomic mass is 10.1. The average molecular weight is 288 g/mol. The minimum atomic E-state index is -3.90. The van der Waals surface area contributed by atoms with Crippen LogP contribution < -0.4 is 4.72 Å². The van der Waals surface area contributed by atoms with E-state index >= 15 is 0 Å². The summed E-state index contributed by atoms with van der Waals surface area (Å²) in [6.07, 6.45) is 0. The number of sulfonamides is 1. The van der Waals surface area contributed by atoms with Crippen molar-refractivity contribution in [1.82, 2.24) is 0 Å². The zero-order chi connectivity index (χ0) is 14.8. The van der Waals surface area contributed by atoms with E-state index in [9.17, 15) is 13.5 Å². The maximum Gasteiger partial charge on any atom is 0.265 e. The average Bonchev–Trinajstić information content (AvgIpc) is 2.41. The largest absolute Gasteiger partial charge is 0.507 e. The first-order chi connectivity index (χ1) is 9.44. The molecule has 2 aromatic carbocycles. The number of nitrogens with one attached hydrogen (secondary N) is 1. The van der Waals surface area contributed by atoms with E-state index in [0.717, 1.165) is 0 Å². The Bertz CT molecular complexity index is 792. The Balaban J connectivity index is 2.44. The minimum absolute atomic E-state index is 0.207. The highest BCUT2D eigenvalue weighted by Crippen LogP contribution is 2.26. The van der Waals surface area contributed by atoms with Gasteiger partial charge in [0.2, 0.25) is 0 Å². The summed E-state index contributed by atoms with van der Waals surface area (Å²) in [5.41, 5.74) is 1.35. The highest BCUT2D eigenvalue weighted by atomic mass is 32.2. The van der Waals surface area contributed by atoms with Crippen LogP contribution in [0, 0.1) is 18.3 Å². The fourth-order valence-electron chi connectivity index (χ4n) is 1.69. The molecule has 0 aliphatic carbocycles. The van der Waals surface area contributed by atoms with Gasteiger partial charge in [-0.05, 0) is 36.8 Å². The first-order valence-corrected chi connectivity index (χ1v) is 7.24. The second kappa shape index (κ2) is 5.23. The molecule has 0 radical (unpaired) electrons. The number of anilines is 1. The van der Waals surface area contributed by atoms with Crippen molar-refractivity contribution in [2.45, 2.75) is 11.8 Å². The number of rotatable bonds is 3. The molecule has 0 fully saturated rings. The SMILES string of the molecule is Cc1ccc(C#N)cc1NS(=O)(=O)c1ccccc1O. The smallest absolute Gasteiger partial charge is 0.265 e. The van der Waals surface area contributed by atoms with Gasteiger partial charge in [0, 0.05) is 0 Å². The van der Waals surface area contributed by atoms with Crippen LogP contribution in [0.1, 0.15) is 11.1 Å². The number of aryl methyl sites for hydroxylation is 1. The number of para-hydroxylation sites is 1. The Morgan fingerprint density at radius 3 is 2.55 bits per heavy atom. The molecule has 0 aliphatic rings. The monoisotopic (exact) mass is 288 g/mol. The first kappa shape index (κ1) is 13.9. The number of benzene rings is 2. The number of hydrogen-bond acceptors (Lipinski definition) is 4. The summed E-state index contributed by atoms with van der Waals surface area (Å²) in [5, 5.41) is 18.5. The molecule has 0 bridgehead atoms. The van der Waals surface area contributed by atoms with E-state index in [1.54, 1.807) is 19.1 Å². The normalized spacial score (nSPS) is 10.8. The third-order valence-electron chi connectivity index (χ3n) is 2.77. The van der Waals surface area contributed by atoms with E-state index in [1.165, 1.54) is 30.3 Å². The topological polar surface area (TPSA) is 90.2 Å². The van der Waals surface area contributed by atoms with Crippen molar-refractivity contribution in [3.05, 3.63) is 53.6 Å². The number of aromatic hydroxyl groups is 1. The van der Waals surface area contributed by atoms with Gasteiger partial charge in [-0.15, -0.1) is 0 Å². The van der Waals surface area contributed by atoms with E-state index in [2.05, 4.69) is 4.72 Å². The standard InChI is InChI=1S/C14H12N2O3S/c1-10-6-7-11(9-15)8-12(10)16-20(18,19)14-5-3-2-4-13(14)17/h2-8,16-17H,1H3. The summed E-state index contributed by atoms with van der Waals surface area (Å²) in [6.45, 7) is 1.73. The first-order valence-electron chi connectivity index (χ1n) is 5.75. The molecule has 2 rings (SSSR count). The number of hydrogen-bond donors (Lipinski definition) is 2. The van der Waals surface area contributed by atoms with E-state index in [1.807, 2.05) is 6.07 Å². The molecule has 0 amide bonds. The van der Waals surface area contributed by atoms with Crippen LogP contribution in [0.15, 0.2) is 47.4 Å². The predicted molar refractivity (Wildman–Crippen MR) is 74.8 cm³/mol. The third kappa shape index (κ3) is 2.73. The number of nitrogens with zero attached hydrogens (tertiary/aromatic N) is 1. The van der Waals surface area contributed by atoms with E-state index in [0.29, 0.717) is 16.8 Å². The third-order valence-corrected chi connectivity index (χ3v) is 4.18. The van der Waals surface area contributed by atoms with Crippen LogP contribution in [0.5, 0.6) is 5.75 Å². The quantitative estimate of drug-likeness (QED) is 0.907. The molecule has 2 N–H and O–H groups in total. The van der Waals surface area contributed by atoms with Gasteiger partial charge in [0.1, 0.15) is 10.6 Å². The molecule has 0 saturated heterocycles. The second-order valence-corrected chi connectivity index (χ2v) is 5.87. The Morgan fingerprint density at radius 2 is 1.90 bits per heavy atom. The highest BCUT2D eigenvalue weighted by Gasteiger charge is 2.19. The van der Waals surface area contributed by atoms with Crippen molar-refractivity contribution in [2.24, 2.45) is 0 Å². The van der Waals surface area contributed by atoms with Crippen molar-refractivity contribution in [3.63, 3.8) is 0 Å². The van der Waals surface area contributed by atoms with Gasteiger partial charge in [0.25, 0.3) is 10.0 Å². The lowest BCUT2D eigenvalue weighted by molar-refractivity contribution is 0.459. The van der Waals surface area contributed by atoms with Crippen LogP contribution in [0.25, 0.3) is 0 Å². The molecule has 0 saturated carbocycles. The van der Waals surface area contributed by atoms with Crippen molar-refractivity contribution in [3.8, 4) is 11.8 Å². The molecular weight excluding hydrogens is 276 g/mol. The molecule has 5 nitrogen and oxygen atoms in total. The van der Waals surface area contributed by atoms with E-state index < -0.39 is 10.0 Å². The molecule has 0 aromatic heterocycles. The van der Waals surface area contributed by atoms with Crippen LogP contribution in [-0.2, 0) is 10.0 Å². The van der Waals surface area contributed by atoms with Gasteiger partial charge in [0.05, 0.1) is 17.3 Å². The van der Waals surface area contributed by atoms with Gasteiger partial charge in [-0.25, -0.2) is 8.42 Å². The lowest BCUT2D eigenvalue weighted by Gasteiger charge is -2.11. The van der Waals surface area contributed by atoms with Crippen molar-refractivity contribution < 1.29 is 13.5 Å². The summed E-state index contributed by atoms with van der Waals surface area (Å²) >= 11 is 0. The summed E-state index contributed by atoms with van der Waals surface area (Å²) in [5.74, 6) is -0.325. The summed E-state index contributed by atoms with van der Waals surface area (Å²) < 4.78 is 26.8. The molecule has 2 aromatic rings. The molecule has 0 aliphatic heterocycles. The molecule has 6 heteroatoms. The van der Waals surface area contributed by atoms with Gasteiger partial charge in [-0.1, -0.05) is 18.2 Å². The lowest BCUT2D eigenvalue weighted by Crippen LogP contribution is -2.14. The van der Waals surface area contributed by atoms with Gasteiger partial charge in [0.15, 0.2) is 0 Å². The van der Waals surface area contributed by atoms with Crippen molar-refractivity contribution in [2.75, 3.05) is 4.72 Å². The Kier molecular flexibility index (Phi) is 3.63. The molecule has 0 atom stereocenters. The van der Waals surface area contributed by atoms with Gasteiger partial charge >= 0.3 is 0 Å². The molecule has 20 heavy (non-hydrogen) atoms. The Hall–Kier alpha value is -2.52. The van der Waals surface area contributed by atoms with Gasteiger partial charge in [-0.2, -0.15) is 5.26 Å². The van der Waals surface area contributed by atoms with Crippen molar-refractivity contribution in [1.29, 1.82) is 5.26 Å². The van der Waals surface area contributed by atoms with Crippen LogP contribution in [0.2, 0.25) is 0 Å². The number of nitriles is 1. The molecule has 0 spiro atoms. The zero-order valence-corrected chi connectivity index (χ0v) is 11.5. The Morgan fingerprint density at radius 1 is 1.20 bits per heavy atom. The molecule has 0 unspecified atom stereocenters. The Labute approximate surface area is 117 Å². The summed E-state index contributed by atoms with van der Waals surface area (Å²) in [4.78, 5) is -0.207. The molecule has 0 heterocycles. The molecular formula is C14H12N2O3S. The van der Waals surface area contributed by atoms with Crippen LogP contribution in [0.4, 0.5) is 5.69 Å². The van der Waals surface area contributed by atoms with Gasteiger partial charge in [-0.3, -0.25) is 4.72 Å². The summed E-state index contributed by atoms with van der Waals surface area (Å²) in [6, 6.07) is 12.3. The van der Waals surface area contributed by atoms with Gasteiger partial charge < -0.3 is 5.11 Å². The highest BCUT2D eigenvalue weighted by molar-refractivity contribution is 7.92. The zero-order valence-electron chi connectivity index (χ0n) is 10.7. The predicted octanol–water partition coefficient (Wildman–Crippen LogP) is 2.37. The maximum absolute atomic E-state index is 12.2. The maximum atomic E-state index is 12.2.